The normalized spacial score (nSPS) is 16.5. The predicted molar refractivity (Wildman–Crippen MR) is 78.6 cm³/mol. The molecule has 0 saturated heterocycles. The highest BCUT2D eigenvalue weighted by Gasteiger charge is 2.11. The molecule has 0 saturated carbocycles. The van der Waals surface area contributed by atoms with Gasteiger partial charge in [0.05, 0.1) is 0 Å². The zero-order chi connectivity index (χ0) is 13.1. The van der Waals surface area contributed by atoms with E-state index in [0.717, 1.165) is 5.70 Å². The van der Waals surface area contributed by atoms with Gasteiger partial charge in [-0.3, -0.25) is 0 Å². The van der Waals surface area contributed by atoms with Gasteiger partial charge in [-0.05, 0) is 43.6 Å². The molecule has 0 unspecified atom stereocenters. The smallest absolute Gasteiger partial charge is 0.0380 e. The van der Waals surface area contributed by atoms with Crippen molar-refractivity contribution < 1.29 is 0 Å². The van der Waals surface area contributed by atoms with Crippen LogP contribution in [0, 0.1) is 0 Å². The number of allylic oxidation sites excluding steroid dienone is 5. The Labute approximate surface area is 109 Å². The Hall–Kier alpha value is -2.02. The van der Waals surface area contributed by atoms with Gasteiger partial charge in [0.2, 0.25) is 0 Å². The van der Waals surface area contributed by atoms with E-state index in [-0.39, 0.29) is 0 Å². The maximum atomic E-state index is 4.09. The van der Waals surface area contributed by atoms with Gasteiger partial charge in [0, 0.05) is 17.6 Å². The van der Waals surface area contributed by atoms with Crippen molar-refractivity contribution in [3.05, 3.63) is 77.8 Å². The van der Waals surface area contributed by atoms with E-state index in [1.165, 1.54) is 22.4 Å². The van der Waals surface area contributed by atoms with E-state index in [0.29, 0.717) is 0 Å². The Morgan fingerprint density at radius 2 is 1.72 bits per heavy atom. The molecule has 18 heavy (non-hydrogen) atoms. The first-order valence-corrected chi connectivity index (χ1v) is 6.17. The highest BCUT2D eigenvalue weighted by atomic mass is 15.1. The van der Waals surface area contributed by atoms with Crippen LogP contribution in [0.4, 0.5) is 0 Å². The minimum atomic E-state index is 1.01. The number of nitrogens with zero attached hydrogens (tertiary/aromatic N) is 1. The number of rotatable bonds is 2. The molecule has 0 spiro atoms. The molecule has 1 nitrogen and oxygen atoms in total. The molecule has 1 aliphatic rings. The number of hydrogen-bond acceptors (Lipinski definition) is 1. The molecule has 0 N–H and O–H groups in total. The lowest BCUT2D eigenvalue weighted by Crippen LogP contribution is -2.16. The highest BCUT2D eigenvalue weighted by molar-refractivity contribution is 5.67. The van der Waals surface area contributed by atoms with Crippen LogP contribution in [0.5, 0.6) is 0 Å². The average Bonchev–Trinajstić information content (AvgIpc) is 2.41. The summed E-state index contributed by atoms with van der Waals surface area (Å²) in [5.74, 6) is 0. The van der Waals surface area contributed by atoms with Crippen molar-refractivity contribution in [2.75, 3.05) is 0 Å². The Bertz CT molecular complexity index is 544. The van der Waals surface area contributed by atoms with Crippen LogP contribution in [0.3, 0.4) is 0 Å². The van der Waals surface area contributed by atoms with E-state index < -0.39 is 0 Å². The van der Waals surface area contributed by atoms with Gasteiger partial charge in [-0.15, -0.1) is 0 Å². The van der Waals surface area contributed by atoms with Gasteiger partial charge in [-0.2, -0.15) is 0 Å². The van der Waals surface area contributed by atoms with E-state index in [2.05, 4.69) is 74.9 Å². The van der Waals surface area contributed by atoms with Crippen LogP contribution in [0.2, 0.25) is 0 Å². The highest BCUT2D eigenvalue weighted by Crippen LogP contribution is 2.26. The molecular weight excluding hydrogens is 218 g/mol. The van der Waals surface area contributed by atoms with Gasteiger partial charge in [-0.25, -0.2) is 0 Å². The third kappa shape index (κ3) is 2.45. The Kier molecular flexibility index (Phi) is 3.52. The fourth-order valence-corrected chi connectivity index (χ4v) is 2.03. The molecule has 1 heteroatoms. The number of benzene rings is 1. The second-order valence-electron chi connectivity index (χ2n) is 4.64. The Morgan fingerprint density at radius 3 is 2.39 bits per heavy atom. The lowest BCUT2D eigenvalue weighted by molar-refractivity contribution is 0.589. The second-order valence-corrected chi connectivity index (χ2v) is 4.64. The van der Waals surface area contributed by atoms with Crippen molar-refractivity contribution >= 4 is 5.57 Å². The van der Waals surface area contributed by atoms with Crippen LogP contribution in [0.25, 0.3) is 5.57 Å². The van der Waals surface area contributed by atoms with Crippen molar-refractivity contribution in [3.8, 4) is 0 Å². The predicted octanol–water partition coefficient (Wildman–Crippen LogP) is 4.73. The minimum Gasteiger partial charge on any atom is -0.321 e. The summed E-state index contributed by atoms with van der Waals surface area (Å²) in [5.41, 5.74) is 5.99. The summed E-state index contributed by atoms with van der Waals surface area (Å²) in [7, 11) is 0. The van der Waals surface area contributed by atoms with Crippen molar-refractivity contribution in [2.24, 2.45) is 0 Å². The first kappa shape index (κ1) is 12.4. The maximum Gasteiger partial charge on any atom is 0.0380 e. The molecular formula is C17H19N. The van der Waals surface area contributed by atoms with Crippen molar-refractivity contribution in [1.82, 2.24) is 4.90 Å². The summed E-state index contributed by atoms with van der Waals surface area (Å²) >= 11 is 0. The van der Waals surface area contributed by atoms with Gasteiger partial charge in [0.25, 0.3) is 0 Å². The minimum absolute atomic E-state index is 1.01. The second kappa shape index (κ2) is 5.09. The van der Waals surface area contributed by atoms with Crippen LogP contribution in [0.15, 0.2) is 72.2 Å². The summed E-state index contributed by atoms with van der Waals surface area (Å²) < 4.78 is 0. The van der Waals surface area contributed by atoms with E-state index in [9.17, 15) is 0 Å². The Morgan fingerprint density at radius 1 is 1.06 bits per heavy atom. The molecule has 0 atom stereocenters. The molecule has 1 aliphatic heterocycles. The first-order chi connectivity index (χ1) is 8.59. The van der Waals surface area contributed by atoms with Crippen molar-refractivity contribution in [1.29, 1.82) is 0 Å². The summed E-state index contributed by atoms with van der Waals surface area (Å²) in [5, 5.41) is 0. The molecule has 0 amide bonds. The number of hydrogen-bond donors (Lipinski definition) is 0. The first-order valence-electron chi connectivity index (χ1n) is 6.17. The third-order valence-electron chi connectivity index (χ3n) is 3.29. The van der Waals surface area contributed by atoms with E-state index in [4.69, 9.17) is 0 Å². The largest absolute Gasteiger partial charge is 0.321 e. The summed E-state index contributed by atoms with van der Waals surface area (Å²) in [6.45, 7) is 10.5. The molecule has 92 valence electrons. The zero-order valence-corrected chi connectivity index (χ0v) is 11.3. The lowest BCUT2D eigenvalue weighted by atomic mass is 10.0. The zero-order valence-electron chi connectivity index (χ0n) is 11.3. The third-order valence-corrected chi connectivity index (χ3v) is 3.29. The van der Waals surface area contributed by atoms with E-state index >= 15 is 0 Å². The van der Waals surface area contributed by atoms with Crippen LogP contribution < -0.4 is 0 Å². The molecule has 0 bridgehead atoms. The molecule has 1 aromatic carbocycles. The van der Waals surface area contributed by atoms with Gasteiger partial charge in [-0.1, -0.05) is 43.0 Å². The standard InChI is InChI=1S/C17H19N/c1-13-10-11-14(2)18(12-13)16(4)15(3)17-8-6-5-7-9-17/h5-12H,2H2,1,3-4H3/b16-15+. The SMILES string of the molecule is C=C1C=CC(C)=CN1/C(C)=C(\C)c1ccccc1. The van der Waals surface area contributed by atoms with Gasteiger partial charge >= 0.3 is 0 Å². The van der Waals surface area contributed by atoms with E-state index in [1.807, 2.05) is 6.07 Å². The van der Waals surface area contributed by atoms with Crippen LogP contribution >= 0.6 is 0 Å². The molecule has 0 radical (unpaired) electrons. The monoisotopic (exact) mass is 237 g/mol. The summed E-state index contributed by atoms with van der Waals surface area (Å²) in [4.78, 5) is 2.15. The quantitative estimate of drug-likeness (QED) is 0.719. The molecule has 1 aromatic rings. The molecule has 0 fully saturated rings. The van der Waals surface area contributed by atoms with Crippen molar-refractivity contribution in [3.63, 3.8) is 0 Å². The van der Waals surface area contributed by atoms with Crippen molar-refractivity contribution in [2.45, 2.75) is 20.8 Å². The Balaban J connectivity index is 2.39. The molecule has 2 rings (SSSR count). The van der Waals surface area contributed by atoms with Crippen LogP contribution in [-0.4, -0.2) is 4.90 Å². The van der Waals surface area contributed by atoms with Crippen LogP contribution in [-0.2, 0) is 0 Å². The van der Waals surface area contributed by atoms with Gasteiger partial charge in [0.1, 0.15) is 0 Å². The molecule has 0 aliphatic carbocycles. The topological polar surface area (TPSA) is 3.24 Å². The van der Waals surface area contributed by atoms with Gasteiger partial charge < -0.3 is 4.90 Å². The maximum absolute atomic E-state index is 4.09. The fourth-order valence-electron chi connectivity index (χ4n) is 2.03. The molecule has 0 aromatic heterocycles. The van der Waals surface area contributed by atoms with Crippen LogP contribution in [0.1, 0.15) is 26.3 Å². The summed E-state index contributed by atoms with van der Waals surface area (Å²) in [6, 6.07) is 10.4. The summed E-state index contributed by atoms with van der Waals surface area (Å²) in [6.07, 6.45) is 6.27. The molecule has 1 heterocycles. The fraction of sp³-hybridized carbons (Fsp3) is 0.176. The average molecular weight is 237 g/mol. The lowest BCUT2D eigenvalue weighted by Gasteiger charge is -2.27. The van der Waals surface area contributed by atoms with Gasteiger partial charge in [0.15, 0.2) is 0 Å². The van der Waals surface area contributed by atoms with E-state index in [1.54, 1.807) is 0 Å².